The molecule has 0 bridgehead atoms. The first-order chi connectivity index (χ1) is 7.79. The van der Waals surface area contributed by atoms with Gasteiger partial charge in [-0.25, -0.2) is 0 Å². The summed E-state index contributed by atoms with van der Waals surface area (Å²) in [6, 6.07) is -0.367. The average molecular weight is 238 g/mol. The van der Waals surface area contributed by atoms with Crippen LogP contribution in [0.25, 0.3) is 0 Å². The fraction of sp³-hybridized carbons (Fsp3) is 0.692. The van der Waals surface area contributed by atoms with E-state index in [1.807, 2.05) is 13.8 Å². The largest absolute Gasteiger partial charge is 0.340 e. The molecule has 1 aliphatic rings. The smallest absolute Gasteiger partial charge is 0.248 e. The normalized spacial score (nSPS) is 23.8. The molecule has 1 fully saturated rings. The van der Waals surface area contributed by atoms with Crippen molar-refractivity contribution < 1.29 is 9.59 Å². The first-order valence-corrected chi connectivity index (χ1v) is 6.03. The Morgan fingerprint density at radius 2 is 2.06 bits per heavy atom. The highest BCUT2D eigenvalue weighted by atomic mass is 16.2. The maximum Gasteiger partial charge on any atom is 0.248 e. The van der Waals surface area contributed by atoms with E-state index in [4.69, 9.17) is 0 Å². The van der Waals surface area contributed by atoms with Crippen molar-refractivity contribution in [3.05, 3.63) is 12.7 Å². The molecule has 0 radical (unpaired) electrons. The van der Waals surface area contributed by atoms with Crippen molar-refractivity contribution in [1.29, 1.82) is 0 Å². The molecule has 96 valence electrons. The van der Waals surface area contributed by atoms with E-state index >= 15 is 0 Å². The Bertz CT molecular complexity index is 334. The van der Waals surface area contributed by atoms with Gasteiger partial charge < -0.3 is 10.2 Å². The lowest BCUT2D eigenvalue weighted by molar-refractivity contribution is -0.153. The van der Waals surface area contributed by atoms with Crippen LogP contribution < -0.4 is 5.32 Å². The molecule has 17 heavy (non-hydrogen) atoms. The van der Waals surface area contributed by atoms with Gasteiger partial charge in [-0.1, -0.05) is 19.9 Å². The summed E-state index contributed by atoms with van der Waals surface area (Å²) in [5, 5.41) is 2.78. The Kier molecular flexibility index (Phi) is 3.96. The van der Waals surface area contributed by atoms with Gasteiger partial charge in [-0.3, -0.25) is 9.59 Å². The van der Waals surface area contributed by atoms with Crippen LogP contribution >= 0.6 is 0 Å². The minimum absolute atomic E-state index is 0.0392. The van der Waals surface area contributed by atoms with Crippen molar-refractivity contribution in [2.75, 3.05) is 6.54 Å². The molecule has 0 spiro atoms. The molecule has 0 saturated carbocycles. The fourth-order valence-electron chi connectivity index (χ4n) is 2.12. The molecular formula is C13H22N2O2. The van der Waals surface area contributed by atoms with Crippen molar-refractivity contribution in [1.82, 2.24) is 10.2 Å². The highest BCUT2D eigenvalue weighted by Gasteiger charge is 2.44. The van der Waals surface area contributed by atoms with E-state index in [-0.39, 0.29) is 17.9 Å². The van der Waals surface area contributed by atoms with Crippen molar-refractivity contribution in [3.63, 3.8) is 0 Å². The number of nitrogens with zero attached hydrogens (tertiary/aromatic N) is 1. The quantitative estimate of drug-likeness (QED) is 0.751. The van der Waals surface area contributed by atoms with E-state index in [9.17, 15) is 9.59 Å². The number of nitrogens with one attached hydrogen (secondary N) is 1. The van der Waals surface area contributed by atoms with Crippen LogP contribution in [0, 0.1) is 5.92 Å². The van der Waals surface area contributed by atoms with Crippen LogP contribution in [0.1, 0.15) is 34.1 Å². The lowest BCUT2D eigenvalue weighted by Crippen LogP contribution is -2.68. The fourth-order valence-corrected chi connectivity index (χ4v) is 2.12. The van der Waals surface area contributed by atoms with Crippen LogP contribution in [0.3, 0.4) is 0 Å². The molecule has 1 heterocycles. The van der Waals surface area contributed by atoms with Crippen molar-refractivity contribution in [2.45, 2.75) is 45.7 Å². The first-order valence-electron chi connectivity index (χ1n) is 6.03. The molecule has 2 amide bonds. The Hall–Kier alpha value is -1.32. The molecule has 1 unspecified atom stereocenters. The third-order valence-electron chi connectivity index (χ3n) is 2.93. The average Bonchev–Trinajstić information content (AvgIpc) is 2.19. The second-order valence-corrected chi connectivity index (χ2v) is 5.51. The zero-order valence-electron chi connectivity index (χ0n) is 11.1. The van der Waals surface area contributed by atoms with Gasteiger partial charge in [0, 0.05) is 6.54 Å². The third kappa shape index (κ3) is 2.87. The summed E-state index contributed by atoms with van der Waals surface area (Å²) < 4.78 is 0. The summed E-state index contributed by atoms with van der Waals surface area (Å²) >= 11 is 0. The lowest BCUT2D eigenvalue weighted by Gasteiger charge is -2.43. The Morgan fingerprint density at radius 3 is 2.53 bits per heavy atom. The minimum Gasteiger partial charge on any atom is -0.340 e. The minimum atomic E-state index is -0.812. The van der Waals surface area contributed by atoms with E-state index in [0.29, 0.717) is 18.9 Å². The highest BCUT2D eigenvalue weighted by Crippen LogP contribution is 2.22. The Balaban J connectivity index is 2.98. The molecule has 0 aromatic heterocycles. The van der Waals surface area contributed by atoms with Gasteiger partial charge in [-0.05, 0) is 26.2 Å². The summed E-state index contributed by atoms with van der Waals surface area (Å²) in [5.41, 5.74) is -0.812. The van der Waals surface area contributed by atoms with E-state index in [0.717, 1.165) is 0 Å². The molecule has 1 N–H and O–H groups in total. The molecule has 1 atom stereocenters. The van der Waals surface area contributed by atoms with Gasteiger partial charge in [0.15, 0.2) is 0 Å². The Labute approximate surface area is 103 Å². The van der Waals surface area contributed by atoms with Crippen LogP contribution in [0.5, 0.6) is 0 Å². The second kappa shape index (κ2) is 4.90. The number of carbonyl (C=O) groups is 2. The van der Waals surface area contributed by atoms with E-state index < -0.39 is 5.54 Å². The molecule has 0 aromatic carbocycles. The lowest BCUT2D eigenvalue weighted by atomic mass is 9.92. The van der Waals surface area contributed by atoms with Gasteiger partial charge in [-0.2, -0.15) is 0 Å². The second-order valence-electron chi connectivity index (χ2n) is 5.51. The van der Waals surface area contributed by atoms with Gasteiger partial charge in [-0.15, -0.1) is 6.58 Å². The number of amides is 2. The number of hydrogen-bond donors (Lipinski definition) is 1. The molecule has 1 aliphatic heterocycles. The number of carbonyl (C=O) groups excluding carboxylic acids is 2. The summed E-state index contributed by atoms with van der Waals surface area (Å²) in [7, 11) is 0. The van der Waals surface area contributed by atoms with Gasteiger partial charge in [0.1, 0.15) is 11.6 Å². The predicted molar refractivity (Wildman–Crippen MR) is 67.4 cm³/mol. The monoisotopic (exact) mass is 238 g/mol. The molecule has 4 heteroatoms. The standard InChI is InChI=1S/C13H22N2O2/c1-6-7-15-10(8-9(2)3)11(16)14-13(4,5)12(15)17/h6,9-10H,1,7-8H2,2-5H3,(H,14,16). The topological polar surface area (TPSA) is 49.4 Å². The number of hydrogen-bond acceptors (Lipinski definition) is 2. The maximum atomic E-state index is 12.2. The maximum absolute atomic E-state index is 12.2. The third-order valence-corrected chi connectivity index (χ3v) is 2.93. The number of piperazine rings is 1. The van der Waals surface area contributed by atoms with Crippen LogP contribution in [0.2, 0.25) is 0 Å². The molecule has 1 saturated heterocycles. The van der Waals surface area contributed by atoms with Gasteiger partial charge in [0.2, 0.25) is 11.8 Å². The predicted octanol–water partition coefficient (Wildman–Crippen LogP) is 1.32. The summed E-state index contributed by atoms with van der Waals surface area (Å²) in [5.74, 6) is 0.264. The van der Waals surface area contributed by atoms with Gasteiger partial charge in [0.25, 0.3) is 0 Å². The summed E-state index contributed by atoms with van der Waals surface area (Å²) in [4.78, 5) is 25.9. The first kappa shape index (κ1) is 13.7. The van der Waals surface area contributed by atoms with Crippen molar-refractivity contribution in [2.24, 2.45) is 5.92 Å². The SMILES string of the molecule is C=CCN1C(=O)C(C)(C)NC(=O)C1CC(C)C. The van der Waals surface area contributed by atoms with E-state index in [1.54, 1.807) is 24.8 Å². The highest BCUT2D eigenvalue weighted by molar-refractivity contribution is 5.99. The van der Waals surface area contributed by atoms with Gasteiger partial charge >= 0.3 is 0 Å². The zero-order valence-corrected chi connectivity index (χ0v) is 11.1. The molecule has 4 nitrogen and oxygen atoms in total. The molecular weight excluding hydrogens is 216 g/mol. The number of rotatable bonds is 4. The van der Waals surface area contributed by atoms with Crippen LogP contribution in [-0.4, -0.2) is 34.8 Å². The Morgan fingerprint density at radius 1 is 1.47 bits per heavy atom. The summed E-state index contributed by atoms with van der Waals surface area (Å²) in [6.07, 6.45) is 2.35. The zero-order chi connectivity index (χ0) is 13.2. The van der Waals surface area contributed by atoms with E-state index in [1.165, 1.54) is 0 Å². The summed E-state index contributed by atoms with van der Waals surface area (Å²) in [6.45, 7) is 11.6. The molecule has 0 aromatic rings. The van der Waals surface area contributed by atoms with Crippen molar-refractivity contribution in [3.8, 4) is 0 Å². The van der Waals surface area contributed by atoms with Gasteiger partial charge in [0.05, 0.1) is 0 Å². The molecule has 0 aliphatic carbocycles. The van der Waals surface area contributed by atoms with E-state index in [2.05, 4.69) is 11.9 Å². The van der Waals surface area contributed by atoms with Crippen LogP contribution in [-0.2, 0) is 9.59 Å². The molecule has 1 rings (SSSR count). The van der Waals surface area contributed by atoms with Crippen molar-refractivity contribution >= 4 is 11.8 Å². The van der Waals surface area contributed by atoms with Crippen LogP contribution in [0.4, 0.5) is 0 Å². The van der Waals surface area contributed by atoms with Crippen LogP contribution in [0.15, 0.2) is 12.7 Å².